The molecule has 0 aliphatic carbocycles. The minimum atomic E-state index is -2.78. The van der Waals surface area contributed by atoms with Gasteiger partial charge in [0.1, 0.15) is 9.84 Å². The summed E-state index contributed by atoms with van der Waals surface area (Å²) in [6.45, 7) is 7.93. The highest BCUT2D eigenvalue weighted by atomic mass is 32.2. The second kappa shape index (κ2) is 4.85. The first-order valence-electron chi connectivity index (χ1n) is 4.63. The average molecular weight is 192 g/mol. The predicted molar refractivity (Wildman–Crippen MR) is 52.9 cm³/mol. The maximum absolute atomic E-state index is 11.3. The molecule has 3 heteroatoms. The fraction of sp³-hybridized carbons (Fsp3) is 1.00. The van der Waals surface area contributed by atoms with Crippen LogP contribution < -0.4 is 0 Å². The Labute approximate surface area is 76.3 Å². The molecule has 2 nitrogen and oxygen atoms in total. The molecule has 0 spiro atoms. The van der Waals surface area contributed by atoms with Crippen molar-refractivity contribution in [1.29, 1.82) is 0 Å². The van der Waals surface area contributed by atoms with Crippen LogP contribution in [0.3, 0.4) is 0 Å². The van der Waals surface area contributed by atoms with Crippen LogP contribution in [0.15, 0.2) is 0 Å². The van der Waals surface area contributed by atoms with E-state index in [4.69, 9.17) is 0 Å². The number of hydrogen-bond donors (Lipinski definition) is 0. The van der Waals surface area contributed by atoms with Gasteiger partial charge >= 0.3 is 0 Å². The Balaban J connectivity index is 4.22. The average Bonchev–Trinajstić information content (AvgIpc) is 2.00. The third-order valence-electron chi connectivity index (χ3n) is 2.38. The normalized spacial score (nSPS) is 15.1. The molecule has 0 aliphatic rings. The molecule has 0 heterocycles. The van der Waals surface area contributed by atoms with Gasteiger partial charge in [0.05, 0.1) is 5.75 Å². The van der Waals surface area contributed by atoms with Crippen LogP contribution in [-0.4, -0.2) is 19.9 Å². The van der Waals surface area contributed by atoms with Gasteiger partial charge in [-0.3, -0.25) is 0 Å². The SMILES string of the molecule is CC[C@H](CS(=O)(=O)CC)C(C)C. The van der Waals surface area contributed by atoms with Gasteiger partial charge in [-0.2, -0.15) is 0 Å². The zero-order valence-corrected chi connectivity index (χ0v) is 9.32. The van der Waals surface area contributed by atoms with Gasteiger partial charge in [0.2, 0.25) is 0 Å². The molecule has 0 bridgehead atoms. The van der Waals surface area contributed by atoms with Crippen molar-refractivity contribution in [3.8, 4) is 0 Å². The maximum atomic E-state index is 11.3. The first kappa shape index (κ1) is 11.9. The van der Waals surface area contributed by atoms with Crippen molar-refractivity contribution < 1.29 is 8.42 Å². The molecule has 0 saturated heterocycles. The second-order valence-electron chi connectivity index (χ2n) is 3.61. The summed E-state index contributed by atoms with van der Waals surface area (Å²) in [4.78, 5) is 0. The van der Waals surface area contributed by atoms with E-state index in [-0.39, 0.29) is 5.75 Å². The lowest BCUT2D eigenvalue weighted by molar-refractivity contribution is 0.406. The van der Waals surface area contributed by atoms with Crippen LogP contribution in [-0.2, 0) is 9.84 Å². The van der Waals surface area contributed by atoms with Gasteiger partial charge in [0, 0.05) is 5.75 Å². The van der Waals surface area contributed by atoms with E-state index >= 15 is 0 Å². The number of hydrogen-bond acceptors (Lipinski definition) is 2. The molecule has 74 valence electrons. The van der Waals surface area contributed by atoms with Gasteiger partial charge in [-0.1, -0.05) is 34.1 Å². The van der Waals surface area contributed by atoms with Crippen molar-refractivity contribution in [3.05, 3.63) is 0 Å². The van der Waals surface area contributed by atoms with E-state index in [1.54, 1.807) is 6.92 Å². The quantitative estimate of drug-likeness (QED) is 0.668. The van der Waals surface area contributed by atoms with E-state index in [0.29, 0.717) is 17.6 Å². The lowest BCUT2D eigenvalue weighted by Gasteiger charge is -2.17. The molecule has 0 fully saturated rings. The molecule has 0 N–H and O–H groups in total. The van der Waals surface area contributed by atoms with Crippen LogP contribution in [0, 0.1) is 11.8 Å². The van der Waals surface area contributed by atoms with Crippen molar-refractivity contribution in [3.63, 3.8) is 0 Å². The molecule has 0 aromatic carbocycles. The van der Waals surface area contributed by atoms with E-state index < -0.39 is 9.84 Å². The fourth-order valence-electron chi connectivity index (χ4n) is 1.23. The lowest BCUT2D eigenvalue weighted by atomic mass is 9.96. The topological polar surface area (TPSA) is 34.1 Å². The third kappa shape index (κ3) is 4.10. The maximum Gasteiger partial charge on any atom is 0.150 e. The van der Waals surface area contributed by atoms with Gasteiger partial charge in [0.25, 0.3) is 0 Å². The van der Waals surface area contributed by atoms with E-state index in [0.717, 1.165) is 6.42 Å². The van der Waals surface area contributed by atoms with Crippen molar-refractivity contribution in [1.82, 2.24) is 0 Å². The Morgan fingerprint density at radius 1 is 1.17 bits per heavy atom. The van der Waals surface area contributed by atoms with Crippen LogP contribution in [0.25, 0.3) is 0 Å². The molecule has 0 radical (unpaired) electrons. The summed E-state index contributed by atoms with van der Waals surface area (Å²) >= 11 is 0. The molecule has 12 heavy (non-hydrogen) atoms. The second-order valence-corrected chi connectivity index (χ2v) is 6.01. The molecular formula is C9H20O2S. The van der Waals surface area contributed by atoms with Gasteiger partial charge < -0.3 is 0 Å². The largest absolute Gasteiger partial charge is 0.229 e. The van der Waals surface area contributed by atoms with Crippen LogP contribution in [0.4, 0.5) is 0 Å². The Morgan fingerprint density at radius 2 is 1.67 bits per heavy atom. The Hall–Kier alpha value is -0.0500. The smallest absolute Gasteiger partial charge is 0.150 e. The van der Waals surface area contributed by atoms with Gasteiger partial charge in [0.15, 0.2) is 0 Å². The van der Waals surface area contributed by atoms with Crippen molar-refractivity contribution in [2.45, 2.75) is 34.1 Å². The summed E-state index contributed by atoms with van der Waals surface area (Å²) < 4.78 is 22.5. The van der Waals surface area contributed by atoms with E-state index in [9.17, 15) is 8.42 Å². The molecule has 0 unspecified atom stereocenters. The van der Waals surface area contributed by atoms with Crippen molar-refractivity contribution in [2.75, 3.05) is 11.5 Å². The van der Waals surface area contributed by atoms with Crippen molar-refractivity contribution in [2.24, 2.45) is 11.8 Å². The third-order valence-corrected chi connectivity index (χ3v) is 4.19. The number of sulfone groups is 1. The molecule has 0 amide bonds. The highest BCUT2D eigenvalue weighted by molar-refractivity contribution is 7.91. The highest BCUT2D eigenvalue weighted by Gasteiger charge is 2.18. The minimum absolute atomic E-state index is 0.274. The summed E-state index contributed by atoms with van der Waals surface area (Å²) in [6.07, 6.45) is 0.955. The fourth-order valence-corrected chi connectivity index (χ4v) is 2.73. The van der Waals surface area contributed by atoms with E-state index in [2.05, 4.69) is 20.8 Å². The zero-order valence-electron chi connectivity index (χ0n) is 8.50. The molecule has 0 aromatic rings. The van der Waals surface area contributed by atoms with Crippen LogP contribution in [0.1, 0.15) is 34.1 Å². The number of rotatable bonds is 5. The minimum Gasteiger partial charge on any atom is -0.229 e. The van der Waals surface area contributed by atoms with Crippen LogP contribution in [0.2, 0.25) is 0 Å². The van der Waals surface area contributed by atoms with Crippen LogP contribution >= 0.6 is 0 Å². The molecule has 0 saturated carbocycles. The Bertz CT molecular complexity index is 205. The summed E-state index contributed by atoms with van der Waals surface area (Å²) in [5, 5.41) is 0. The van der Waals surface area contributed by atoms with Crippen molar-refractivity contribution >= 4 is 9.84 Å². The Morgan fingerprint density at radius 3 is 1.92 bits per heavy atom. The van der Waals surface area contributed by atoms with Gasteiger partial charge in [-0.05, 0) is 11.8 Å². The highest BCUT2D eigenvalue weighted by Crippen LogP contribution is 2.17. The summed E-state index contributed by atoms with van der Waals surface area (Å²) in [5.41, 5.74) is 0. The van der Waals surface area contributed by atoms with E-state index in [1.807, 2.05) is 0 Å². The predicted octanol–water partition coefficient (Wildman–Crippen LogP) is 2.10. The molecular weight excluding hydrogens is 172 g/mol. The lowest BCUT2D eigenvalue weighted by Crippen LogP contribution is -2.21. The molecule has 0 aromatic heterocycles. The van der Waals surface area contributed by atoms with Gasteiger partial charge in [-0.15, -0.1) is 0 Å². The first-order chi connectivity index (χ1) is 5.43. The summed E-state index contributed by atoms with van der Waals surface area (Å²) in [7, 11) is -2.78. The molecule has 0 rings (SSSR count). The van der Waals surface area contributed by atoms with E-state index in [1.165, 1.54) is 0 Å². The Kier molecular flexibility index (Phi) is 4.83. The first-order valence-corrected chi connectivity index (χ1v) is 6.45. The van der Waals surface area contributed by atoms with Gasteiger partial charge in [-0.25, -0.2) is 8.42 Å². The van der Waals surface area contributed by atoms with Crippen LogP contribution in [0.5, 0.6) is 0 Å². The monoisotopic (exact) mass is 192 g/mol. The summed E-state index contributed by atoms with van der Waals surface area (Å²) in [6, 6.07) is 0. The standard InChI is InChI=1S/C9H20O2S/c1-5-9(8(3)4)7-12(10,11)6-2/h8-9H,5-7H2,1-4H3/t9-/m1/s1. The zero-order chi connectivity index (χ0) is 9.78. The molecule has 0 aliphatic heterocycles. The summed E-state index contributed by atoms with van der Waals surface area (Å²) in [5.74, 6) is 1.43. The molecule has 1 atom stereocenters.